The van der Waals surface area contributed by atoms with Crippen molar-refractivity contribution in [3.05, 3.63) is 30.1 Å². The van der Waals surface area contributed by atoms with Gasteiger partial charge in [0.2, 0.25) is 5.91 Å². The number of pyridine rings is 1. The molecular weight excluding hydrogens is 246 g/mol. The summed E-state index contributed by atoms with van der Waals surface area (Å²) in [7, 11) is 0. The highest BCUT2D eigenvalue weighted by Crippen LogP contribution is 2.20. The fourth-order valence-electron chi connectivity index (χ4n) is 1.54. The van der Waals surface area contributed by atoms with Gasteiger partial charge in [-0.3, -0.25) is 9.78 Å². The van der Waals surface area contributed by atoms with Gasteiger partial charge < -0.3 is 10.6 Å². The van der Waals surface area contributed by atoms with Gasteiger partial charge in [-0.1, -0.05) is 12.2 Å². The first kappa shape index (κ1) is 14.6. The number of carbonyl (C=O) groups excluding carboxylic acids is 1. The van der Waals surface area contributed by atoms with Gasteiger partial charge in [0.15, 0.2) is 0 Å². The molecule has 0 saturated heterocycles. The highest BCUT2D eigenvalue weighted by Gasteiger charge is 2.34. The molecule has 98 valence electrons. The maximum absolute atomic E-state index is 12.4. The van der Waals surface area contributed by atoms with Crippen LogP contribution in [0.15, 0.2) is 24.5 Å². The Morgan fingerprint density at radius 3 is 2.44 bits per heavy atom. The minimum Gasteiger partial charge on any atom is -0.392 e. The quantitative estimate of drug-likeness (QED) is 0.824. The average Bonchev–Trinajstić information content (AvgIpc) is 2.36. The summed E-state index contributed by atoms with van der Waals surface area (Å²) in [5.41, 5.74) is 5.86. The van der Waals surface area contributed by atoms with Crippen molar-refractivity contribution in [3.63, 3.8) is 0 Å². The van der Waals surface area contributed by atoms with Gasteiger partial charge in [-0.15, -0.1) is 0 Å². The van der Waals surface area contributed by atoms with Gasteiger partial charge in [-0.05, 0) is 38.5 Å². The molecule has 18 heavy (non-hydrogen) atoms. The van der Waals surface area contributed by atoms with Crippen molar-refractivity contribution in [1.29, 1.82) is 0 Å². The van der Waals surface area contributed by atoms with Crippen LogP contribution < -0.4 is 5.73 Å². The number of nitrogens with zero attached hydrogens (tertiary/aromatic N) is 2. The van der Waals surface area contributed by atoms with Crippen LogP contribution in [0, 0.1) is 5.41 Å². The normalized spacial score (nSPS) is 11.1. The van der Waals surface area contributed by atoms with Crippen molar-refractivity contribution in [2.45, 2.75) is 27.3 Å². The number of amides is 1. The van der Waals surface area contributed by atoms with E-state index in [-0.39, 0.29) is 10.9 Å². The first-order chi connectivity index (χ1) is 8.39. The van der Waals surface area contributed by atoms with E-state index in [1.54, 1.807) is 31.1 Å². The molecule has 0 atom stereocenters. The molecule has 1 heterocycles. The third-order valence-electron chi connectivity index (χ3n) is 2.94. The molecule has 1 amide bonds. The summed E-state index contributed by atoms with van der Waals surface area (Å²) < 4.78 is 0. The van der Waals surface area contributed by atoms with Gasteiger partial charge in [0, 0.05) is 25.5 Å². The number of rotatable bonds is 5. The van der Waals surface area contributed by atoms with Crippen LogP contribution in [0.2, 0.25) is 0 Å². The molecule has 0 aliphatic heterocycles. The number of thiocarbonyl (C=S) groups is 1. The van der Waals surface area contributed by atoms with Crippen molar-refractivity contribution in [1.82, 2.24) is 9.88 Å². The van der Waals surface area contributed by atoms with Crippen molar-refractivity contribution in [2.24, 2.45) is 11.1 Å². The zero-order chi connectivity index (χ0) is 13.8. The average molecular weight is 265 g/mol. The van der Waals surface area contributed by atoms with E-state index in [1.807, 2.05) is 19.1 Å². The van der Waals surface area contributed by atoms with Gasteiger partial charge in [-0.2, -0.15) is 0 Å². The first-order valence-corrected chi connectivity index (χ1v) is 6.28. The summed E-state index contributed by atoms with van der Waals surface area (Å²) in [5.74, 6) is -0.0469. The standard InChI is InChI=1S/C13H19N3OS/c1-4-16(9-10-5-7-15-8-6-10)12(17)13(2,3)11(14)18/h5-8H,4,9H2,1-3H3,(H2,14,18). The monoisotopic (exact) mass is 265 g/mol. The van der Waals surface area contributed by atoms with Crippen LogP contribution in [-0.4, -0.2) is 27.3 Å². The van der Waals surface area contributed by atoms with E-state index in [9.17, 15) is 4.79 Å². The van der Waals surface area contributed by atoms with E-state index < -0.39 is 5.41 Å². The molecule has 0 aliphatic rings. The molecule has 0 aromatic carbocycles. The van der Waals surface area contributed by atoms with E-state index in [0.717, 1.165) is 5.56 Å². The maximum atomic E-state index is 12.4. The Morgan fingerprint density at radius 1 is 1.44 bits per heavy atom. The number of aromatic nitrogens is 1. The molecule has 0 bridgehead atoms. The maximum Gasteiger partial charge on any atom is 0.235 e. The molecule has 0 spiro atoms. The fourth-order valence-corrected chi connectivity index (χ4v) is 1.62. The molecule has 1 aromatic heterocycles. The number of nitrogens with two attached hydrogens (primary N) is 1. The summed E-state index contributed by atoms with van der Waals surface area (Å²) in [4.78, 5) is 18.3. The van der Waals surface area contributed by atoms with Gasteiger partial charge in [-0.25, -0.2) is 0 Å². The van der Waals surface area contributed by atoms with E-state index >= 15 is 0 Å². The molecule has 2 N–H and O–H groups in total. The Hall–Kier alpha value is -1.49. The van der Waals surface area contributed by atoms with Crippen LogP contribution in [0.25, 0.3) is 0 Å². The van der Waals surface area contributed by atoms with Crippen LogP contribution >= 0.6 is 12.2 Å². The van der Waals surface area contributed by atoms with Gasteiger partial charge in [0.1, 0.15) is 0 Å². The number of carbonyl (C=O) groups is 1. The molecule has 0 aliphatic carbocycles. The molecule has 4 nitrogen and oxygen atoms in total. The number of hydrogen-bond donors (Lipinski definition) is 1. The Balaban J connectivity index is 2.85. The molecule has 0 radical (unpaired) electrons. The van der Waals surface area contributed by atoms with Crippen LogP contribution in [0.1, 0.15) is 26.3 Å². The summed E-state index contributed by atoms with van der Waals surface area (Å²) in [6, 6.07) is 3.79. The van der Waals surface area contributed by atoms with Crippen molar-refractivity contribution in [2.75, 3.05) is 6.54 Å². The highest BCUT2D eigenvalue weighted by atomic mass is 32.1. The molecule has 5 heteroatoms. The summed E-state index contributed by atoms with van der Waals surface area (Å²) in [6.45, 7) is 6.62. The topological polar surface area (TPSA) is 59.2 Å². The molecule has 1 rings (SSSR count). The second kappa shape index (κ2) is 5.91. The van der Waals surface area contributed by atoms with Gasteiger partial charge in [0.25, 0.3) is 0 Å². The Bertz CT molecular complexity index is 431. The zero-order valence-electron chi connectivity index (χ0n) is 11.0. The molecule has 1 aromatic rings. The van der Waals surface area contributed by atoms with Crippen LogP contribution in [0.3, 0.4) is 0 Å². The summed E-state index contributed by atoms with van der Waals surface area (Å²) in [5, 5.41) is 0. The summed E-state index contributed by atoms with van der Waals surface area (Å²) >= 11 is 4.96. The molecule has 0 fully saturated rings. The third-order valence-corrected chi connectivity index (χ3v) is 3.45. The van der Waals surface area contributed by atoms with E-state index in [4.69, 9.17) is 18.0 Å². The molecule has 0 unspecified atom stereocenters. The first-order valence-electron chi connectivity index (χ1n) is 5.87. The Labute approximate surface area is 113 Å². The van der Waals surface area contributed by atoms with Crippen LogP contribution in [0.4, 0.5) is 0 Å². The zero-order valence-corrected chi connectivity index (χ0v) is 11.8. The van der Waals surface area contributed by atoms with Crippen LogP contribution in [-0.2, 0) is 11.3 Å². The lowest BCUT2D eigenvalue weighted by Crippen LogP contribution is -2.46. The lowest BCUT2D eigenvalue weighted by molar-refractivity contribution is -0.137. The van der Waals surface area contributed by atoms with Crippen molar-refractivity contribution < 1.29 is 4.79 Å². The summed E-state index contributed by atoms with van der Waals surface area (Å²) in [6.07, 6.45) is 3.43. The largest absolute Gasteiger partial charge is 0.392 e. The SMILES string of the molecule is CCN(Cc1ccncc1)C(=O)C(C)(C)C(N)=S. The predicted molar refractivity (Wildman–Crippen MR) is 75.9 cm³/mol. The lowest BCUT2D eigenvalue weighted by atomic mass is 9.91. The second-order valence-electron chi connectivity index (χ2n) is 4.66. The number of hydrogen-bond acceptors (Lipinski definition) is 3. The Kier molecular flexibility index (Phi) is 4.78. The van der Waals surface area contributed by atoms with Gasteiger partial charge >= 0.3 is 0 Å². The van der Waals surface area contributed by atoms with Crippen molar-refractivity contribution >= 4 is 23.1 Å². The smallest absolute Gasteiger partial charge is 0.235 e. The molecule has 0 saturated carbocycles. The van der Waals surface area contributed by atoms with E-state index in [1.165, 1.54) is 0 Å². The second-order valence-corrected chi connectivity index (χ2v) is 5.10. The minimum absolute atomic E-state index is 0.0469. The predicted octanol–water partition coefficient (Wildman–Crippen LogP) is 1.74. The van der Waals surface area contributed by atoms with Gasteiger partial charge in [0.05, 0.1) is 10.4 Å². The Morgan fingerprint density at radius 2 is 2.00 bits per heavy atom. The van der Waals surface area contributed by atoms with Crippen LogP contribution in [0.5, 0.6) is 0 Å². The minimum atomic E-state index is -0.807. The van der Waals surface area contributed by atoms with Crippen molar-refractivity contribution in [3.8, 4) is 0 Å². The fraction of sp³-hybridized carbons (Fsp3) is 0.462. The van der Waals surface area contributed by atoms with E-state index in [0.29, 0.717) is 13.1 Å². The van der Waals surface area contributed by atoms with E-state index in [2.05, 4.69) is 4.98 Å². The lowest BCUT2D eigenvalue weighted by Gasteiger charge is -2.30. The third kappa shape index (κ3) is 3.26. The highest BCUT2D eigenvalue weighted by molar-refractivity contribution is 7.80. The molecular formula is C13H19N3OS.